The molecule has 0 aliphatic heterocycles. The van der Waals surface area contributed by atoms with E-state index in [9.17, 15) is 4.39 Å². The molecule has 3 rings (SSSR count). The van der Waals surface area contributed by atoms with Gasteiger partial charge in [0.05, 0.1) is 5.52 Å². The lowest BCUT2D eigenvalue weighted by Crippen LogP contribution is -1.94. The van der Waals surface area contributed by atoms with Crippen molar-refractivity contribution in [3.05, 3.63) is 60.7 Å². The summed E-state index contributed by atoms with van der Waals surface area (Å²) in [5.41, 5.74) is 1.78. The Hall–Kier alpha value is -2.49. The molecular weight excluding hydrogens is 229 g/mol. The first-order chi connectivity index (χ1) is 8.81. The van der Waals surface area contributed by atoms with Gasteiger partial charge in [0.15, 0.2) is 0 Å². The van der Waals surface area contributed by atoms with Crippen LogP contribution in [0, 0.1) is 5.95 Å². The Kier molecular flexibility index (Phi) is 2.61. The molecule has 0 radical (unpaired) electrons. The Morgan fingerprint density at radius 1 is 1.00 bits per heavy atom. The van der Waals surface area contributed by atoms with Gasteiger partial charge in [0.2, 0.25) is 5.95 Å². The van der Waals surface area contributed by atoms with Gasteiger partial charge in [-0.1, -0.05) is 12.1 Å². The van der Waals surface area contributed by atoms with E-state index in [1.807, 2.05) is 30.3 Å². The summed E-state index contributed by atoms with van der Waals surface area (Å²) < 4.78 is 13.0. The molecule has 0 saturated heterocycles. The molecule has 1 aromatic carbocycles. The van der Waals surface area contributed by atoms with Gasteiger partial charge in [-0.15, -0.1) is 0 Å². The minimum Gasteiger partial charge on any atom is -0.340 e. The van der Waals surface area contributed by atoms with Gasteiger partial charge in [-0.2, -0.15) is 4.39 Å². The number of halogens is 1. The van der Waals surface area contributed by atoms with Crippen LogP contribution in [0.4, 0.5) is 15.9 Å². The van der Waals surface area contributed by atoms with Crippen LogP contribution in [0.5, 0.6) is 0 Å². The fraction of sp³-hybridized carbons (Fsp3) is 0. The predicted octanol–water partition coefficient (Wildman–Crippen LogP) is 3.51. The molecule has 3 aromatic rings. The summed E-state index contributed by atoms with van der Waals surface area (Å²) in [6.45, 7) is 0. The van der Waals surface area contributed by atoms with Crippen molar-refractivity contribution in [1.29, 1.82) is 0 Å². The molecule has 0 saturated carbocycles. The quantitative estimate of drug-likeness (QED) is 0.695. The molecule has 18 heavy (non-hydrogen) atoms. The highest BCUT2D eigenvalue weighted by Gasteiger charge is 1.99. The molecule has 0 bridgehead atoms. The fourth-order valence-corrected chi connectivity index (χ4v) is 1.78. The molecule has 3 nitrogen and oxygen atoms in total. The molecule has 0 fully saturated rings. The summed E-state index contributed by atoms with van der Waals surface area (Å²) in [4.78, 5) is 8.00. The average molecular weight is 239 g/mol. The van der Waals surface area contributed by atoms with Gasteiger partial charge in [-0.25, -0.2) is 4.98 Å². The number of fused-ring (bicyclic) bond motifs is 1. The van der Waals surface area contributed by atoms with Crippen LogP contribution < -0.4 is 5.32 Å². The summed E-state index contributed by atoms with van der Waals surface area (Å²) in [5, 5.41) is 4.08. The summed E-state index contributed by atoms with van der Waals surface area (Å²) in [5.74, 6) is -0.0132. The molecule has 0 unspecified atom stereocenters. The Balaban J connectivity index is 1.95. The second-order valence-corrected chi connectivity index (χ2v) is 3.88. The largest absolute Gasteiger partial charge is 0.340 e. The van der Waals surface area contributed by atoms with Crippen LogP contribution in [0.1, 0.15) is 0 Å². The lowest BCUT2D eigenvalue weighted by molar-refractivity contribution is 0.585. The number of nitrogens with zero attached hydrogens (tertiary/aromatic N) is 2. The highest BCUT2D eigenvalue weighted by molar-refractivity contribution is 5.82. The third kappa shape index (κ3) is 2.13. The van der Waals surface area contributed by atoms with Crippen molar-refractivity contribution in [1.82, 2.24) is 9.97 Å². The molecule has 88 valence electrons. The van der Waals surface area contributed by atoms with Gasteiger partial charge in [0.1, 0.15) is 5.82 Å². The van der Waals surface area contributed by atoms with E-state index >= 15 is 0 Å². The Morgan fingerprint density at radius 2 is 1.94 bits per heavy atom. The fourth-order valence-electron chi connectivity index (χ4n) is 1.78. The van der Waals surface area contributed by atoms with Gasteiger partial charge in [0, 0.05) is 17.3 Å². The lowest BCUT2D eigenvalue weighted by atomic mass is 10.2. The van der Waals surface area contributed by atoms with Crippen molar-refractivity contribution >= 4 is 22.4 Å². The number of nitrogens with one attached hydrogen (secondary N) is 1. The van der Waals surface area contributed by atoms with E-state index in [0.29, 0.717) is 5.82 Å². The first-order valence-electron chi connectivity index (χ1n) is 5.56. The second kappa shape index (κ2) is 4.41. The maximum atomic E-state index is 13.0. The van der Waals surface area contributed by atoms with E-state index in [1.165, 1.54) is 6.07 Å². The van der Waals surface area contributed by atoms with Crippen LogP contribution in [-0.4, -0.2) is 9.97 Å². The molecule has 1 N–H and O–H groups in total. The normalized spacial score (nSPS) is 10.5. The number of pyridine rings is 2. The zero-order valence-corrected chi connectivity index (χ0v) is 9.47. The second-order valence-electron chi connectivity index (χ2n) is 3.88. The number of hydrogen-bond acceptors (Lipinski definition) is 3. The first-order valence-corrected chi connectivity index (χ1v) is 5.56. The van der Waals surface area contributed by atoms with Gasteiger partial charge in [-0.05, 0) is 36.4 Å². The van der Waals surface area contributed by atoms with Gasteiger partial charge in [0.25, 0.3) is 0 Å². The lowest BCUT2D eigenvalue weighted by Gasteiger charge is -2.06. The van der Waals surface area contributed by atoms with Crippen LogP contribution in [0.25, 0.3) is 10.9 Å². The first kappa shape index (κ1) is 10.7. The van der Waals surface area contributed by atoms with Crippen molar-refractivity contribution in [3.8, 4) is 0 Å². The van der Waals surface area contributed by atoms with Gasteiger partial charge < -0.3 is 5.32 Å². The van der Waals surface area contributed by atoms with Crippen LogP contribution in [0.3, 0.4) is 0 Å². The molecule has 2 aromatic heterocycles. The molecule has 0 amide bonds. The van der Waals surface area contributed by atoms with Crippen LogP contribution in [-0.2, 0) is 0 Å². The average Bonchev–Trinajstić information content (AvgIpc) is 2.39. The maximum absolute atomic E-state index is 13.0. The highest BCUT2D eigenvalue weighted by Crippen LogP contribution is 2.20. The summed E-state index contributed by atoms with van der Waals surface area (Å²) in [6, 6.07) is 14.3. The van der Waals surface area contributed by atoms with E-state index in [4.69, 9.17) is 0 Å². The highest BCUT2D eigenvalue weighted by atomic mass is 19.1. The van der Waals surface area contributed by atoms with E-state index < -0.39 is 5.95 Å². The van der Waals surface area contributed by atoms with Crippen LogP contribution in [0.2, 0.25) is 0 Å². The zero-order valence-electron chi connectivity index (χ0n) is 9.47. The topological polar surface area (TPSA) is 37.8 Å². The molecule has 0 aliphatic rings. The molecule has 4 heteroatoms. The van der Waals surface area contributed by atoms with E-state index in [2.05, 4.69) is 15.3 Å². The zero-order chi connectivity index (χ0) is 12.4. The third-order valence-electron chi connectivity index (χ3n) is 2.59. The standard InChI is InChI=1S/C14H10FN3/c15-13-4-1-5-14(18-13)17-11-6-7-12-10(9-11)3-2-8-16-12/h1-9H,(H,17,18). The number of hydrogen-bond donors (Lipinski definition) is 1. The summed E-state index contributed by atoms with van der Waals surface area (Å²) in [7, 11) is 0. The Labute approximate surface area is 103 Å². The smallest absolute Gasteiger partial charge is 0.214 e. The predicted molar refractivity (Wildman–Crippen MR) is 69.2 cm³/mol. The number of benzene rings is 1. The number of aromatic nitrogens is 2. The minimum absolute atomic E-state index is 0.484. The van der Waals surface area contributed by atoms with Crippen molar-refractivity contribution in [2.75, 3.05) is 5.32 Å². The van der Waals surface area contributed by atoms with Crippen molar-refractivity contribution in [2.45, 2.75) is 0 Å². The maximum Gasteiger partial charge on any atom is 0.214 e. The number of rotatable bonds is 2. The van der Waals surface area contributed by atoms with E-state index in [0.717, 1.165) is 16.6 Å². The van der Waals surface area contributed by atoms with Crippen molar-refractivity contribution in [2.24, 2.45) is 0 Å². The third-order valence-corrected chi connectivity index (χ3v) is 2.59. The molecule has 0 aliphatic carbocycles. The molecule has 0 atom stereocenters. The molecule has 2 heterocycles. The Bertz CT molecular complexity index is 697. The van der Waals surface area contributed by atoms with Crippen LogP contribution in [0.15, 0.2) is 54.7 Å². The summed E-state index contributed by atoms with van der Waals surface area (Å²) >= 11 is 0. The Morgan fingerprint density at radius 3 is 2.83 bits per heavy atom. The summed E-state index contributed by atoms with van der Waals surface area (Å²) in [6.07, 6.45) is 1.75. The van der Waals surface area contributed by atoms with Crippen LogP contribution >= 0.6 is 0 Å². The van der Waals surface area contributed by atoms with E-state index in [-0.39, 0.29) is 0 Å². The molecular formula is C14H10FN3. The SMILES string of the molecule is Fc1cccc(Nc2ccc3ncccc3c2)n1. The van der Waals surface area contributed by atoms with Crippen molar-refractivity contribution < 1.29 is 4.39 Å². The van der Waals surface area contributed by atoms with Gasteiger partial charge in [-0.3, -0.25) is 4.98 Å². The van der Waals surface area contributed by atoms with E-state index in [1.54, 1.807) is 18.3 Å². The molecule has 0 spiro atoms. The van der Waals surface area contributed by atoms with Crippen molar-refractivity contribution in [3.63, 3.8) is 0 Å². The van der Waals surface area contributed by atoms with Gasteiger partial charge >= 0.3 is 0 Å². The minimum atomic E-state index is -0.498. The monoisotopic (exact) mass is 239 g/mol. The number of anilines is 2.